The van der Waals surface area contributed by atoms with Crippen LogP contribution in [0.15, 0.2) is 30.3 Å². The predicted octanol–water partition coefficient (Wildman–Crippen LogP) is 1.03. The maximum Gasteiger partial charge on any atom is 0.224 e. The second-order valence-corrected chi connectivity index (χ2v) is 4.84. The van der Waals surface area contributed by atoms with Crippen LogP contribution >= 0.6 is 0 Å². The predicted molar refractivity (Wildman–Crippen MR) is 71.8 cm³/mol. The summed E-state index contributed by atoms with van der Waals surface area (Å²) in [6, 6.07) is 9.74. The van der Waals surface area contributed by atoms with E-state index in [2.05, 4.69) is 0 Å². The summed E-state index contributed by atoms with van der Waals surface area (Å²) in [6.45, 7) is 1.37. The highest BCUT2D eigenvalue weighted by molar-refractivity contribution is 5.77. The molecule has 1 fully saturated rings. The van der Waals surface area contributed by atoms with Crippen molar-refractivity contribution in [2.45, 2.75) is 31.3 Å². The Bertz CT molecular complexity index is 393. The van der Waals surface area contributed by atoms with Gasteiger partial charge in [0.25, 0.3) is 0 Å². The topological polar surface area (TPSA) is 72.3 Å². The smallest absolute Gasteiger partial charge is 0.224 e. The molecule has 1 aromatic carbocycles. The van der Waals surface area contributed by atoms with Gasteiger partial charge in [0.15, 0.2) is 0 Å². The second-order valence-electron chi connectivity index (χ2n) is 4.84. The fraction of sp³-hybridized carbons (Fsp3) is 0.500. The van der Waals surface area contributed by atoms with E-state index in [1.807, 2.05) is 35.2 Å². The minimum absolute atomic E-state index is 0.124. The summed E-state index contributed by atoms with van der Waals surface area (Å²) in [7, 11) is 0. The molecular formula is C14H21N3O. The fourth-order valence-corrected chi connectivity index (χ4v) is 2.53. The fourth-order valence-electron chi connectivity index (χ4n) is 2.53. The summed E-state index contributed by atoms with van der Waals surface area (Å²) in [4.78, 5) is 14.1. The summed E-state index contributed by atoms with van der Waals surface area (Å²) < 4.78 is 0. The van der Waals surface area contributed by atoms with E-state index in [0.29, 0.717) is 13.0 Å². The van der Waals surface area contributed by atoms with E-state index >= 15 is 0 Å². The van der Waals surface area contributed by atoms with Crippen molar-refractivity contribution in [3.05, 3.63) is 35.9 Å². The molecule has 0 bridgehead atoms. The lowest BCUT2D eigenvalue weighted by Gasteiger charge is -2.25. The molecule has 0 aliphatic carbocycles. The highest BCUT2D eigenvalue weighted by atomic mass is 16.2. The van der Waals surface area contributed by atoms with E-state index in [0.717, 1.165) is 24.9 Å². The average Bonchev–Trinajstić information content (AvgIpc) is 2.88. The number of rotatable bonds is 4. The molecule has 1 amide bonds. The Morgan fingerprint density at radius 3 is 2.78 bits per heavy atom. The molecular weight excluding hydrogens is 226 g/mol. The number of carbonyl (C=O) groups excluding carboxylic acids is 1. The summed E-state index contributed by atoms with van der Waals surface area (Å²) in [5.41, 5.74) is 12.8. The van der Waals surface area contributed by atoms with Gasteiger partial charge in [-0.05, 0) is 18.4 Å². The third kappa shape index (κ3) is 2.89. The van der Waals surface area contributed by atoms with Gasteiger partial charge in [0, 0.05) is 31.6 Å². The van der Waals surface area contributed by atoms with Crippen molar-refractivity contribution in [2.24, 2.45) is 11.5 Å². The van der Waals surface area contributed by atoms with Gasteiger partial charge in [0.2, 0.25) is 5.91 Å². The Morgan fingerprint density at radius 1 is 1.39 bits per heavy atom. The van der Waals surface area contributed by atoms with Crippen molar-refractivity contribution in [3.8, 4) is 0 Å². The van der Waals surface area contributed by atoms with Crippen molar-refractivity contribution >= 4 is 5.91 Å². The van der Waals surface area contributed by atoms with Crippen LogP contribution in [0.3, 0.4) is 0 Å². The van der Waals surface area contributed by atoms with Crippen LogP contribution in [0.2, 0.25) is 0 Å². The number of hydrogen-bond acceptors (Lipinski definition) is 3. The van der Waals surface area contributed by atoms with Crippen molar-refractivity contribution in [1.29, 1.82) is 0 Å². The molecule has 0 unspecified atom stereocenters. The Hall–Kier alpha value is -1.39. The van der Waals surface area contributed by atoms with Crippen LogP contribution in [-0.4, -0.2) is 29.9 Å². The molecule has 1 aliphatic heterocycles. The van der Waals surface area contributed by atoms with E-state index in [9.17, 15) is 4.79 Å². The molecule has 4 N–H and O–H groups in total. The monoisotopic (exact) mass is 247 g/mol. The number of hydrogen-bond donors (Lipinski definition) is 2. The van der Waals surface area contributed by atoms with Crippen LogP contribution in [0.1, 0.15) is 30.9 Å². The molecule has 0 radical (unpaired) electrons. The zero-order valence-corrected chi connectivity index (χ0v) is 10.6. The van der Waals surface area contributed by atoms with Gasteiger partial charge in [-0.1, -0.05) is 30.3 Å². The normalized spacial score (nSPS) is 21.0. The van der Waals surface area contributed by atoms with Gasteiger partial charge in [-0.2, -0.15) is 0 Å². The average molecular weight is 247 g/mol. The van der Waals surface area contributed by atoms with Gasteiger partial charge < -0.3 is 16.4 Å². The van der Waals surface area contributed by atoms with E-state index in [1.165, 1.54) is 0 Å². The zero-order valence-electron chi connectivity index (χ0n) is 10.6. The van der Waals surface area contributed by atoms with Crippen molar-refractivity contribution in [3.63, 3.8) is 0 Å². The van der Waals surface area contributed by atoms with E-state index in [4.69, 9.17) is 11.5 Å². The van der Waals surface area contributed by atoms with Gasteiger partial charge >= 0.3 is 0 Å². The molecule has 0 saturated carbocycles. The standard InChI is InChI=1S/C14H21N3O/c15-10-12-7-4-8-17(12)14(18)9-13(16)11-5-2-1-3-6-11/h1-3,5-6,12-13H,4,7-10,15-16H2/t12-,13+/m0/s1. The van der Waals surface area contributed by atoms with E-state index in [1.54, 1.807) is 0 Å². The van der Waals surface area contributed by atoms with E-state index < -0.39 is 0 Å². The lowest BCUT2D eigenvalue weighted by atomic mass is 10.0. The first kappa shape index (κ1) is 13.1. The largest absolute Gasteiger partial charge is 0.338 e. The quantitative estimate of drug-likeness (QED) is 0.834. The van der Waals surface area contributed by atoms with Gasteiger partial charge in [-0.25, -0.2) is 0 Å². The molecule has 1 heterocycles. The molecule has 98 valence electrons. The van der Waals surface area contributed by atoms with Gasteiger partial charge in [-0.15, -0.1) is 0 Å². The zero-order chi connectivity index (χ0) is 13.0. The summed E-state index contributed by atoms with van der Waals surface area (Å²) in [5, 5.41) is 0. The van der Waals surface area contributed by atoms with Crippen LogP contribution < -0.4 is 11.5 Å². The lowest BCUT2D eigenvalue weighted by molar-refractivity contribution is -0.132. The number of nitrogens with two attached hydrogens (primary N) is 2. The molecule has 2 atom stereocenters. The molecule has 2 rings (SSSR count). The Labute approximate surface area is 108 Å². The van der Waals surface area contributed by atoms with Crippen LogP contribution in [0.25, 0.3) is 0 Å². The van der Waals surface area contributed by atoms with Gasteiger partial charge in [0.05, 0.1) is 0 Å². The van der Waals surface area contributed by atoms with Crippen LogP contribution in [-0.2, 0) is 4.79 Å². The lowest BCUT2D eigenvalue weighted by Crippen LogP contribution is -2.41. The molecule has 4 nitrogen and oxygen atoms in total. The number of nitrogens with zero attached hydrogens (tertiary/aromatic N) is 1. The molecule has 0 spiro atoms. The van der Waals surface area contributed by atoms with Crippen LogP contribution in [0, 0.1) is 0 Å². The third-order valence-corrected chi connectivity index (χ3v) is 3.59. The maximum atomic E-state index is 12.2. The first-order valence-corrected chi connectivity index (χ1v) is 6.52. The van der Waals surface area contributed by atoms with Crippen molar-refractivity contribution in [2.75, 3.05) is 13.1 Å². The number of likely N-dealkylation sites (tertiary alicyclic amines) is 1. The Kier molecular flexibility index (Phi) is 4.33. The van der Waals surface area contributed by atoms with Gasteiger partial charge in [-0.3, -0.25) is 4.79 Å². The molecule has 0 aromatic heterocycles. The molecule has 18 heavy (non-hydrogen) atoms. The SMILES string of the molecule is NC[C@@H]1CCCN1C(=O)C[C@@H](N)c1ccccc1. The minimum Gasteiger partial charge on any atom is -0.338 e. The second kappa shape index (κ2) is 5.98. The molecule has 1 saturated heterocycles. The third-order valence-electron chi connectivity index (χ3n) is 3.59. The van der Waals surface area contributed by atoms with Crippen LogP contribution in [0.4, 0.5) is 0 Å². The molecule has 4 heteroatoms. The Morgan fingerprint density at radius 2 is 2.11 bits per heavy atom. The Balaban J connectivity index is 1.95. The highest BCUT2D eigenvalue weighted by Crippen LogP contribution is 2.20. The van der Waals surface area contributed by atoms with E-state index in [-0.39, 0.29) is 18.0 Å². The van der Waals surface area contributed by atoms with Crippen molar-refractivity contribution < 1.29 is 4.79 Å². The van der Waals surface area contributed by atoms with Crippen LogP contribution in [0.5, 0.6) is 0 Å². The minimum atomic E-state index is -0.224. The highest BCUT2D eigenvalue weighted by Gasteiger charge is 2.28. The van der Waals surface area contributed by atoms with Gasteiger partial charge in [0.1, 0.15) is 0 Å². The first-order chi connectivity index (χ1) is 8.72. The summed E-state index contributed by atoms with van der Waals surface area (Å²) >= 11 is 0. The summed E-state index contributed by atoms with van der Waals surface area (Å²) in [6.07, 6.45) is 2.43. The number of amides is 1. The van der Waals surface area contributed by atoms with Crippen molar-refractivity contribution in [1.82, 2.24) is 4.90 Å². The number of benzene rings is 1. The maximum absolute atomic E-state index is 12.2. The first-order valence-electron chi connectivity index (χ1n) is 6.52. The molecule has 1 aliphatic rings. The number of carbonyl (C=O) groups is 1. The molecule has 1 aromatic rings. The summed E-state index contributed by atoms with van der Waals surface area (Å²) in [5.74, 6) is 0.124.